The second kappa shape index (κ2) is 19.4. The van der Waals surface area contributed by atoms with E-state index >= 15 is 0 Å². The number of aryl methyl sites for hydroxylation is 1. The molecule has 1 aliphatic heterocycles. The standard InChI is InChI=1S/C50H63N5O6Si/c1-50(2,3)62(5,6)61-45(41-20-22-44(56)48-42(41)21-23-46(57)53-48)30-51-25-26-54(4)47(58)24-19-34-13-12-14-35(27-34)31-55-32-37-28-39(29-38(37)33-55)60-49(59)52-43-18-11-10-17-40(43)36-15-8-7-9-16-36/h7-18,20-23,27,37-39,45,51,56H,19,24-26,28-33H2,1-6H3,(H,52,59)(H,53,57)/t37-,38+,39?,45-/m0/s1. The maximum Gasteiger partial charge on any atom is 0.411 e. The number of amides is 2. The van der Waals surface area contributed by atoms with Crippen LogP contribution in [0, 0.1) is 11.8 Å². The molecule has 0 bridgehead atoms. The van der Waals surface area contributed by atoms with Crippen LogP contribution >= 0.6 is 0 Å². The third-order valence-corrected chi connectivity index (χ3v) is 17.7. The first kappa shape index (κ1) is 44.8. The number of anilines is 1. The summed E-state index contributed by atoms with van der Waals surface area (Å²) in [5, 5.41) is 17.8. The van der Waals surface area contributed by atoms with Crippen molar-refractivity contribution < 1.29 is 23.9 Å². The molecule has 4 aromatic carbocycles. The maximum atomic E-state index is 13.3. The van der Waals surface area contributed by atoms with Gasteiger partial charge in [-0.05, 0) is 89.7 Å². The Kier molecular flexibility index (Phi) is 14.0. The van der Waals surface area contributed by atoms with Crippen LogP contribution in [0.2, 0.25) is 18.1 Å². The number of para-hydroxylation sites is 1. The van der Waals surface area contributed by atoms with Crippen LogP contribution in [-0.2, 0) is 26.9 Å². The van der Waals surface area contributed by atoms with Gasteiger partial charge >= 0.3 is 6.09 Å². The van der Waals surface area contributed by atoms with E-state index in [9.17, 15) is 19.5 Å². The zero-order chi connectivity index (χ0) is 44.0. The first-order valence-electron chi connectivity index (χ1n) is 22.0. The Morgan fingerprint density at radius 3 is 2.37 bits per heavy atom. The number of H-pyrrole nitrogens is 1. The minimum atomic E-state index is -2.21. The first-order valence-corrected chi connectivity index (χ1v) is 24.9. The molecule has 2 heterocycles. The van der Waals surface area contributed by atoms with Crippen LogP contribution in [0.25, 0.3) is 22.0 Å². The zero-order valence-electron chi connectivity index (χ0n) is 37.1. The maximum absolute atomic E-state index is 13.3. The number of pyridine rings is 1. The molecule has 4 N–H and O–H groups in total. The van der Waals surface area contributed by atoms with Gasteiger partial charge in [0.25, 0.3) is 0 Å². The van der Waals surface area contributed by atoms with Crippen molar-refractivity contribution in [1.29, 1.82) is 0 Å². The van der Waals surface area contributed by atoms with Crippen molar-refractivity contribution in [2.45, 2.75) is 83.3 Å². The predicted molar refractivity (Wildman–Crippen MR) is 250 cm³/mol. The molecule has 2 fully saturated rings. The van der Waals surface area contributed by atoms with Gasteiger partial charge in [-0.15, -0.1) is 0 Å². The Morgan fingerprint density at radius 2 is 1.63 bits per heavy atom. The number of likely N-dealkylation sites (tertiary alicyclic amines) is 1. The molecule has 5 aromatic rings. The number of benzene rings is 4. The van der Waals surface area contributed by atoms with Crippen molar-refractivity contribution in [3.05, 3.63) is 130 Å². The molecule has 0 spiro atoms. The minimum absolute atomic E-state index is 0.0214. The van der Waals surface area contributed by atoms with Gasteiger partial charge in [0.2, 0.25) is 11.5 Å². The van der Waals surface area contributed by atoms with Crippen LogP contribution in [0.1, 0.15) is 62.8 Å². The number of carbonyl (C=O) groups excluding carboxylic acids is 2. The smallest absolute Gasteiger partial charge is 0.411 e. The Hall–Kier alpha value is -5.27. The van der Waals surface area contributed by atoms with Crippen LogP contribution in [0.4, 0.5) is 10.5 Å². The van der Waals surface area contributed by atoms with Crippen molar-refractivity contribution in [2.24, 2.45) is 11.8 Å². The van der Waals surface area contributed by atoms with E-state index in [1.807, 2.05) is 67.7 Å². The second-order valence-electron chi connectivity index (χ2n) is 18.7. The average molecular weight is 858 g/mol. The molecule has 11 nitrogen and oxygen atoms in total. The number of aromatic hydroxyl groups is 1. The molecular formula is C50H63N5O6Si. The summed E-state index contributed by atoms with van der Waals surface area (Å²) in [6, 6.07) is 33.2. The van der Waals surface area contributed by atoms with Crippen molar-refractivity contribution in [2.75, 3.05) is 45.1 Å². The fourth-order valence-corrected chi connectivity index (χ4v) is 10.1. The van der Waals surface area contributed by atoms with E-state index in [2.05, 4.69) is 78.6 Å². The quantitative estimate of drug-likeness (QED) is 0.0570. The van der Waals surface area contributed by atoms with Gasteiger partial charge in [0.05, 0.1) is 17.3 Å². The zero-order valence-corrected chi connectivity index (χ0v) is 38.1. The SMILES string of the molecule is CN(CCNC[C@H](O[Si](C)(C)C(C)(C)C)c1ccc(O)c2[nH]c(=O)ccc12)C(=O)CCc1cccc(CN2C[C@H]3CC(OC(=O)Nc4ccccc4-c4ccccc4)C[C@H]3C2)c1. The van der Waals surface area contributed by atoms with Crippen molar-refractivity contribution in [3.8, 4) is 16.9 Å². The lowest BCUT2D eigenvalue weighted by Gasteiger charge is -2.39. The van der Waals surface area contributed by atoms with E-state index in [-0.39, 0.29) is 34.5 Å². The number of aromatic amines is 1. The highest BCUT2D eigenvalue weighted by molar-refractivity contribution is 6.74. The number of likely N-dealkylation sites (N-methyl/N-ethyl adjacent to an activating group) is 1. The number of rotatable bonds is 16. The highest BCUT2D eigenvalue weighted by Gasteiger charge is 2.42. The number of fused-ring (bicyclic) bond motifs is 2. The van der Waals surface area contributed by atoms with Crippen LogP contribution in [0.15, 0.2) is 108 Å². The number of phenols is 1. The fraction of sp³-hybridized carbons (Fsp3) is 0.420. The van der Waals surface area contributed by atoms with Crippen molar-refractivity contribution in [1.82, 2.24) is 20.1 Å². The van der Waals surface area contributed by atoms with Crippen LogP contribution in [0.5, 0.6) is 5.75 Å². The molecule has 2 amide bonds. The Bertz CT molecular complexity index is 2380. The van der Waals surface area contributed by atoms with Gasteiger partial charge in [-0.2, -0.15) is 0 Å². The molecule has 12 heteroatoms. The number of nitrogens with zero attached hydrogens (tertiary/aromatic N) is 2. The normalized spacial score (nSPS) is 18.4. The van der Waals surface area contributed by atoms with E-state index in [0.717, 1.165) is 65.8 Å². The summed E-state index contributed by atoms with van der Waals surface area (Å²) < 4.78 is 12.9. The molecule has 0 radical (unpaired) electrons. The summed E-state index contributed by atoms with van der Waals surface area (Å²) in [5.74, 6) is 1.13. The van der Waals surface area contributed by atoms with Gasteiger partial charge < -0.3 is 29.5 Å². The van der Waals surface area contributed by atoms with Gasteiger partial charge in [-0.25, -0.2) is 4.79 Å². The average Bonchev–Trinajstić information content (AvgIpc) is 3.79. The van der Waals surface area contributed by atoms with Crippen molar-refractivity contribution in [3.63, 3.8) is 0 Å². The molecule has 1 aliphatic carbocycles. The summed E-state index contributed by atoms with van der Waals surface area (Å²) in [7, 11) is -0.359. The molecule has 1 saturated heterocycles. The number of nitrogens with one attached hydrogen (secondary N) is 3. The van der Waals surface area contributed by atoms with E-state index in [0.29, 0.717) is 49.8 Å². The number of carbonyl (C=O) groups is 2. The Balaban J connectivity index is 0.849. The lowest BCUT2D eigenvalue weighted by Crippen LogP contribution is -2.44. The Morgan fingerprint density at radius 1 is 0.919 bits per heavy atom. The largest absolute Gasteiger partial charge is 0.506 e. The predicted octanol–water partition coefficient (Wildman–Crippen LogP) is 9.10. The number of phenolic OH excluding ortho intramolecular Hbond substituents is 1. The number of aromatic nitrogens is 1. The molecule has 328 valence electrons. The van der Waals surface area contributed by atoms with Gasteiger partial charge in [0.15, 0.2) is 8.32 Å². The van der Waals surface area contributed by atoms with Gasteiger partial charge in [0, 0.05) is 69.8 Å². The van der Waals surface area contributed by atoms with E-state index in [4.69, 9.17) is 9.16 Å². The summed E-state index contributed by atoms with van der Waals surface area (Å²) in [6.07, 6.45) is 2.06. The number of ether oxygens (including phenoxy) is 1. The molecule has 1 unspecified atom stereocenters. The van der Waals surface area contributed by atoms with Gasteiger partial charge in [-0.3, -0.25) is 19.8 Å². The lowest BCUT2D eigenvalue weighted by molar-refractivity contribution is -0.129. The van der Waals surface area contributed by atoms with E-state index in [1.54, 1.807) is 17.0 Å². The van der Waals surface area contributed by atoms with Gasteiger partial charge in [-0.1, -0.05) is 99.6 Å². The third kappa shape index (κ3) is 11.0. The molecule has 62 heavy (non-hydrogen) atoms. The Labute approximate surface area is 367 Å². The van der Waals surface area contributed by atoms with Crippen molar-refractivity contribution >= 4 is 36.9 Å². The lowest BCUT2D eigenvalue weighted by atomic mass is 10.0. The molecule has 1 aromatic heterocycles. The van der Waals surface area contributed by atoms with Gasteiger partial charge in [0.1, 0.15) is 11.9 Å². The molecule has 2 aliphatic rings. The second-order valence-corrected chi connectivity index (χ2v) is 23.5. The summed E-state index contributed by atoms with van der Waals surface area (Å²) in [4.78, 5) is 45.4. The van der Waals surface area contributed by atoms with Crippen LogP contribution in [0.3, 0.4) is 0 Å². The van der Waals surface area contributed by atoms with Crippen LogP contribution < -0.4 is 16.2 Å². The summed E-state index contributed by atoms with van der Waals surface area (Å²) in [6.45, 7) is 15.5. The minimum Gasteiger partial charge on any atom is -0.506 e. The monoisotopic (exact) mass is 857 g/mol. The molecular weight excluding hydrogens is 795 g/mol. The number of hydrogen-bond donors (Lipinski definition) is 4. The third-order valence-electron chi connectivity index (χ3n) is 13.2. The van der Waals surface area contributed by atoms with Crippen LogP contribution in [-0.4, -0.2) is 86.1 Å². The highest BCUT2D eigenvalue weighted by atomic mass is 28.4. The first-order chi connectivity index (χ1) is 29.6. The topological polar surface area (TPSA) is 136 Å². The van der Waals surface area contributed by atoms with E-state index in [1.165, 1.54) is 11.6 Å². The fourth-order valence-electron chi connectivity index (χ4n) is 8.79. The highest BCUT2D eigenvalue weighted by Crippen LogP contribution is 2.42. The summed E-state index contributed by atoms with van der Waals surface area (Å²) >= 11 is 0. The number of hydrogen-bond acceptors (Lipinski definition) is 8. The summed E-state index contributed by atoms with van der Waals surface area (Å²) in [5.41, 5.74) is 6.18. The molecule has 7 rings (SSSR count). The molecule has 1 saturated carbocycles. The molecule has 4 atom stereocenters. The van der Waals surface area contributed by atoms with E-state index < -0.39 is 14.4 Å².